The monoisotopic (exact) mass is 372 g/mol. The molecule has 1 aromatic carbocycles. The molecule has 0 N–H and O–H groups in total. The molecular weight excluding hydrogens is 360 g/mol. The van der Waals surface area contributed by atoms with Crippen molar-refractivity contribution in [1.82, 2.24) is 29.7 Å². The van der Waals surface area contributed by atoms with Crippen LogP contribution in [0.25, 0.3) is 17.0 Å². The average molecular weight is 373 g/mol. The Bertz CT molecular complexity index is 1060. The maximum atomic E-state index is 6.17. The Balaban J connectivity index is 1.56. The SMILES string of the molecule is Cc1cc2nnc(SCc3nc(-c4ccccc4Cl)no3)n2c(C)n1. The van der Waals surface area contributed by atoms with E-state index in [-0.39, 0.29) is 0 Å². The van der Waals surface area contributed by atoms with Crippen LogP contribution in [-0.4, -0.2) is 29.7 Å². The number of rotatable bonds is 4. The van der Waals surface area contributed by atoms with Crippen molar-refractivity contribution in [1.29, 1.82) is 0 Å². The third kappa shape index (κ3) is 3.10. The van der Waals surface area contributed by atoms with E-state index in [1.807, 2.05) is 42.5 Å². The summed E-state index contributed by atoms with van der Waals surface area (Å²) in [7, 11) is 0. The van der Waals surface area contributed by atoms with Crippen LogP contribution in [0.2, 0.25) is 5.02 Å². The zero-order valence-electron chi connectivity index (χ0n) is 13.5. The molecule has 4 rings (SSSR count). The number of benzene rings is 1. The Morgan fingerprint density at radius 3 is 2.84 bits per heavy atom. The van der Waals surface area contributed by atoms with E-state index >= 15 is 0 Å². The molecule has 0 radical (unpaired) electrons. The quantitative estimate of drug-likeness (QED) is 0.504. The first-order valence-electron chi connectivity index (χ1n) is 7.51. The van der Waals surface area contributed by atoms with Crippen molar-refractivity contribution in [3.05, 3.63) is 52.8 Å². The van der Waals surface area contributed by atoms with Gasteiger partial charge in [-0.2, -0.15) is 4.98 Å². The van der Waals surface area contributed by atoms with Gasteiger partial charge >= 0.3 is 0 Å². The highest BCUT2D eigenvalue weighted by molar-refractivity contribution is 7.98. The number of aromatic nitrogens is 6. The van der Waals surface area contributed by atoms with Gasteiger partial charge in [-0.25, -0.2) is 4.98 Å². The molecule has 0 bridgehead atoms. The molecule has 0 aliphatic carbocycles. The van der Waals surface area contributed by atoms with Crippen molar-refractivity contribution in [2.24, 2.45) is 0 Å². The second kappa shape index (κ2) is 6.45. The first kappa shape index (κ1) is 16.0. The standard InChI is InChI=1S/C16H13ClN6OS/c1-9-7-13-20-21-16(23(13)10(2)18-9)25-8-14-19-15(22-24-14)11-5-3-4-6-12(11)17/h3-7H,8H2,1-2H3. The number of thioether (sulfide) groups is 1. The summed E-state index contributed by atoms with van der Waals surface area (Å²) < 4.78 is 7.23. The number of nitrogens with zero attached hydrogens (tertiary/aromatic N) is 6. The van der Waals surface area contributed by atoms with Gasteiger partial charge in [0.2, 0.25) is 11.7 Å². The average Bonchev–Trinajstić information content (AvgIpc) is 3.20. The van der Waals surface area contributed by atoms with E-state index in [1.54, 1.807) is 6.07 Å². The molecule has 0 unspecified atom stereocenters. The second-order valence-corrected chi connectivity index (χ2v) is 6.75. The summed E-state index contributed by atoms with van der Waals surface area (Å²) in [5.74, 6) is 2.28. The van der Waals surface area contributed by atoms with Crippen molar-refractivity contribution in [3.63, 3.8) is 0 Å². The third-order valence-corrected chi connectivity index (χ3v) is 4.81. The van der Waals surface area contributed by atoms with Gasteiger partial charge in [0.15, 0.2) is 10.8 Å². The lowest BCUT2D eigenvalue weighted by Gasteiger charge is -2.02. The van der Waals surface area contributed by atoms with Gasteiger partial charge in [-0.15, -0.1) is 10.2 Å². The Kier molecular flexibility index (Phi) is 4.14. The zero-order valence-corrected chi connectivity index (χ0v) is 15.0. The van der Waals surface area contributed by atoms with Crippen LogP contribution < -0.4 is 0 Å². The van der Waals surface area contributed by atoms with E-state index in [2.05, 4.69) is 25.3 Å². The molecule has 4 aromatic rings. The van der Waals surface area contributed by atoms with Gasteiger partial charge in [-0.1, -0.05) is 40.7 Å². The summed E-state index contributed by atoms with van der Waals surface area (Å²) in [6.45, 7) is 3.86. The molecule has 0 fully saturated rings. The lowest BCUT2D eigenvalue weighted by atomic mass is 10.2. The van der Waals surface area contributed by atoms with E-state index in [1.165, 1.54) is 11.8 Å². The summed E-state index contributed by atoms with van der Waals surface area (Å²) in [6, 6.07) is 9.28. The Morgan fingerprint density at radius 1 is 1.16 bits per heavy atom. The lowest BCUT2D eigenvalue weighted by Crippen LogP contribution is -1.98. The first-order valence-corrected chi connectivity index (χ1v) is 8.88. The maximum absolute atomic E-state index is 6.17. The van der Waals surface area contributed by atoms with Gasteiger partial charge in [0.05, 0.1) is 10.8 Å². The normalized spacial score (nSPS) is 11.3. The maximum Gasteiger partial charge on any atom is 0.237 e. The van der Waals surface area contributed by atoms with E-state index in [9.17, 15) is 0 Å². The number of fused-ring (bicyclic) bond motifs is 1. The predicted octanol–water partition coefficient (Wildman–Crippen LogP) is 3.74. The van der Waals surface area contributed by atoms with Crippen LogP contribution in [0.4, 0.5) is 0 Å². The van der Waals surface area contributed by atoms with Crippen LogP contribution in [0.5, 0.6) is 0 Å². The molecule has 0 atom stereocenters. The predicted molar refractivity (Wildman–Crippen MR) is 94.6 cm³/mol. The third-order valence-electron chi connectivity index (χ3n) is 3.57. The molecule has 0 aliphatic rings. The van der Waals surface area contributed by atoms with Gasteiger partial charge in [0.1, 0.15) is 5.82 Å². The Labute approximate surface area is 152 Å². The summed E-state index contributed by atoms with van der Waals surface area (Å²) in [5.41, 5.74) is 2.43. The summed E-state index contributed by atoms with van der Waals surface area (Å²) in [6.07, 6.45) is 0. The minimum Gasteiger partial charge on any atom is -0.338 e. The van der Waals surface area contributed by atoms with Gasteiger partial charge in [0.25, 0.3) is 0 Å². The summed E-state index contributed by atoms with van der Waals surface area (Å²) >= 11 is 7.63. The second-order valence-electron chi connectivity index (χ2n) is 5.40. The first-order chi connectivity index (χ1) is 12.1. The van der Waals surface area contributed by atoms with Crippen LogP contribution in [0.3, 0.4) is 0 Å². The topological polar surface area (TPSA) is 82.0 Å². The highest BCUT2D eigenvalue weighted by Gasteiger charge is 2.14. The zero-order chi connectivity index (χ0) is 17.4. The number of halogens is 1. The van der Waals surface area contributed by atoms with Crippen LogP contribution in [0.1, 0.15) is 17.4 Å². The minimum atomic E-state index is 0.473. The number of aryl methyl sites for hydroxylation is 2. The van der Waals surface area contributed by atoms with Gasteiger partial charge < -0.3 is 4.52 Å². The van der Waals surface area contributed by atoms with Crippen molar-refractivity contribution in [3.8, 4) is 11.4 Å². The molecular formula is C16H13ClN6OS. The van der Waals surface area contributed by atoms with Crippen molar-refractivity contribution in [2.45, 2.75) is 24.8 Å². The minimum absolute atomic E-state index is 0.473. The summed E-state index contributed by atoms with van der Waals surface area (Å²) in [4.78, 5) is 8.85. The van der Waals surface area contributed by atoms with E-state index in [4.69, 9.17) is 16.1 Å². The number of hydrogen-bond donors (Lipinski definition) is 0. The van der Waals surface area contributed by atoms with Gasteiger partial charge in [0, 0.05) is 17.3 Å². The largest absolute Gasteiger partial charge is 0.338 e. The van der Waals surface area contributed by atoms with Gasteiger partial charge in [-0.05, 0) is 26.0 Å². The molecule has 0 amide bonds. The van der Waals surface area contributed by atoms with Gasteiger partial charge in [-0.3, -0.25) is 4.40 Å². The lowest BCUT2D eigenvalue weighted by molar-refractivity contribution is 0.391. The number of hydrogen-bond acceptors (Lipinski definition) is 7. The van der Waals surface area contributed by atoms with Crippen LogP contribution in [-0.2, 0) is 5.75 Å². The fourth-order valence-corrected chi connectivity index (χ4v) is 3.53. The molecule has 0 saturated heterocycles. The van der Waals surface area contributed by atoms with Crippen molar-refractivity contribution >= 4 is 29.0 Å². The Morgan fingerprint density at radius 2 is 2.00 bits per heavy atom. The summed E-state index contributed by atoms with van der Waals surface area (Å²) in [5, 5.41) is 13.7. The molecule has 0 saturated carbocycles. The molecule has 7 nitrogen and oxygen atoms in total. The molecule has 3 aromatic heterocycles. The van der Waals surface area contributed by atoms with Crippen LogP contribution in [0.15, 0.2) is 40.0 Å². The van der Waals surface area contributed by atoms with E-state index < -0.39 is 0 Å². The van der Waals surface area contributed by atoms with Crippen LogP contribution >= 0.6 is 23.4 Å². The fraction of sp³-hybridized carbons (Fsp3) is 0.188. The molecule has 25 heavy (non-hydrogen) atoms. The molecule has 9 heteroatoms. The van der Waals surface area contributed by atoms with E-state index in [0.717, 1.165) is 27.9 Å². The van der Waals surface area contributed by atoms with Crippen molar-refractivity contribution < 1.29 is 4.52 Å². The molecule has 3 heterocycles. The van der Waals surface area contributed by atoms with Crippen LogP contribution in [0, 0.1) is 13.8 Å². The highest BCUT2D eigenvalue weighted by atomic mass is 35.5. The fourth-order valence-electron chi connectivity index (χ4n) is 2.49. The Hall–Kier alpha value is -2.45. The highest BCUT2D eigenvalue weighted by Crippen LogP contribution is 2.27. The molecule has 126 valence electrons. The van der Waals surface area contributed by atoms with Crippen molar-refractivity contribution in [2.75, 3.05) is 0 Å². The molecule has 0 spiro atoms. The van der Waals surface area contributed by atoms with E-state index in [0.29, 0.717) is 22.5 Å². The smallest absolute Gasteiger partial charge is 0.237 e. The molecule has 0 aliphatic heterocycles.